The highest BCUT2D eigenvalue weighted by atomic mass is 16.6. The van der Waals surface area contributed by atoms with Crippen molar-refractivity contribution >= 4 is 5.69 Å². The number of fused-ring (bicyclic) bond motifs is 1. The molecule has 0 fully saturated rings. The van der Waals surface area contributed by atoms with E-state index in [1.54, 1.807) is 12.1 Å². The number of nitrogens with one attached hydrogen (secondary N) is 1. The minimum atomic E-state index is -0.289. The first-order valence-electron chi connectivity index (χ1n) is 5.63. The summed E-state index contributed by atoms with van der Waals surface area (Å²) in [5, 5.41) is 0. The molecule has 0 saturated heterocycles. The number of ether oxygens (including phenoxy) is 2. The summed E-state index contributed by atoms with van der Waals surface area (Å²) in [4.78, 5) is 14.2. The molecule has 0 saturated carbocycles. The number of aromatic nitrogens is 1. The van der Waals surface area contributed by atoms with Crippen LogP contribution in [0.25, 0.3) is 11.3 Å². The fourth-order valence-corrected chi connectivity index (χ4v) is 1.86. The average Bonchev–Trinajstić information content (AvgIpc) is 2.41. The molecule has 0 aliphatic carbocycles. The molecule has 1 aliphatic heterocycles. The van der Waals surface area contributed by atoms with Gasteiger partial charge in [-0.15, -0.1) is 0 Å². The lowest BCUT2D eigenvalue weighted by atomic mass is 10.1. The SMILES string of the molecule is Nc1ccc(-c2ccc3c(c2)OCCO3)[nH]c1=O. The number of pyridine rings is 1. The Morgan fingerprint density at radius 1 is 1.06 bits per heavy atom. The van der Waals surface area contributed by atoms with Gasteiger partial charge in [0.05, 0.1) is 5.69 Å². The van der Waals surface area contributed by atoms with E-state index in [-0.39, 0.29) is 11.2 Å². The molecule has 5 heteroatoms. The van der Waals surface area contributed by atoms with Crippen molar-refractivity contribution in [1.29, 1.82) is 0 Å². The molecule has 18 heavy (non-hydrogen) atoms. The smallest absolute Gasteiger partial charge is 0.271 e. The first-order chi connectivity index (χ1) is 8.74. The molecular weight excluding hydrogens is 232 g/mol. The number of anilines is 1. The lowest BCUT2D eigenvalue weighted by molar-refractivity contribution is 0.171. The van der Waals surface area contributed by atoms with Crippen LogP contribution in [0.3, 0.4) is 0 Å². The van der Waals surface area contributed by atoms with Crippen LogP contribution in [0.15, 0.2) is 35.1 Å². The zero-order valence-electron chi connectivity index (χ0n) is 9.60. The van der Waals surface area contributed by atoms with E-state index < -0.39 is 0 Å². The number of hydrogen-bond acceptors (Lipinski definition) is 4. The van der Waals surface area contributed by atoms with E-state index in [1.807, 2.05) is 18.2 Å². The predicted molar refractivity (Wildman–Crippen MR) is 67.9 cm³/mol. The van der Waals surface area contributed by atoms with Gasteiger partial charge in [-0.05, 0) is 30.3 Å². The summed E-state index contributed by atoms with van der Waals surface area (Å²) >= 11 is 0. The lowest BCUT2D eigenvalue weighted by Crippen LogP contribution is -2.15. The van der Waals surface area contributed by atoms with Crippen molar-refractivity contribution < 1.29 is 9.47 Å². The standard InChI is InChI=1S/C13H12N2O3/c14-9-2-3-10(15-13(9)16)8-1-4-11-12(7-8)18-6-5-17-11/h1-4,7H,5-6,14H2,(H,15,16). The molecular formula is C13H12N2O3. The summed E-state index contributed by atoms with van der Waals surface area (Å²) in [5.41, 5.74) is 6.96. The van der Waals surface area contributed by atoms with Gasteiger partial charge in [-0.1, -0.05) is 0 Å². The highest BCUT2D eigenvalue weighted by Gasteiger charge is 2.12. The van der Waals surface area contributed by atoms with Crippen LogP contribution in [0.5, 0.6) is 11.5 Å². The Balaban J connectivity index is 2.06. The van der Waals surface area contributed by atoms with Crippen molar-refractivity contribution in [1.82, 2.24) is 4.98 Å². The quantitative estimate of drug-likeness (QED) is 0.794. The molecule has 0 atom stereocenters. The molecule has 3 N–H and O–H groups in total. The Morgan fingerprint density at radius 2 is 1.83 bits per heavy atom. The van der Waals surface area contributed by atoms with Crippen molar-refractivity contribution in [3.05, 3.63) is 40.7 Å². The first-order valence-corrected chi connectivity index (χ1v) is 5.63. The second-order valence-corrected chi connectivity index (χ2v) is 4.01. The van der Waals surface area contributed by atoms with Gasteiger partial charge < -0.3 is 20.2 Å². The van der Waals surface area contributed by atoms with Crippen LogP contribution in [0.4, 0.5) is 5.69 Å². The van der Waals surface area contributed by atoms with E-state index in [1.165, 1.54) is 0 Å². The van der Waals surface area contributed by atoms with Gasteiger partial charge in [0, 0.05) is 11.3 Å². The monoisotopic (exact) mass is 244 g/mol. The molecule has 3 rings (SSSR count). The first kappa shape index (κ1) is 10.7. The summed E-state index contributed by atoms with van der Waals surface area (Å²) in [6.45, 7) is 1.10. The lowest BCUT2D eigenvalue weighted by Gasteiger charge is -2.18. The molecule has 1 aromatic heterocycles. The van der Waals surface area contributed by atoms with Crippen molar-refractivity contribution in [2.45, 2.75) is 0 Å². The fraction of sp³-hybridized carbons (Fsp3) is 0.154. The van der Waals surface area contributed by atoms with Crippen LogP contribution in [0, 0.1) is 0 Å². The summed E-state index contributed by atoms with van der Waals surface area (Å²) in [6.07, 6.45) is 0. The largest absolute Gasteiger partial charge is 0.486 e. The third-order valence-corrected chi connectivity index (χ3v) is 2.79. The van der Waals surface area contributed by atoms with Crippen molar-refractivity contribution in [2.24, 2.45) is 0 Å². The number of aromatic amines is 1. The number of rotatable bonds is 1. The van der Waals surface area contributed by atoms with Gasteiger partial charge in [-0.3, -0.25) is 4.79 Å². The van der Waals surface area contributed by atoms with Crippen LogP contribution in [-0.4, -0.2) is 18.2 Å². The highest BCUT2D eigenvalue weighted by Crippen LogP contribution is 2.33. The Morgan fingerprint density at radius 3 is 2.61 bits per heavy atom. The van der Waals surface area contributed by atoms with Gasteiger partial charge >= 0.3 is 0 Å². The van der Waals surface area contributed by atoms with Crippen LogP contribution in [0.1, 0.15) is 0 Å². The van der Waals surface area contributed by atoms with Gasteiger partial charge in [-0.25, -0.2) is 0 Å². The third-order valence-electron chi connectivity index (χ3n) is 2.79. The molecule has 0 radical (unpaired) electrons. The molecule has 0 spiro atoms. The van der Waals surface area contributed by atoms with E-state index in [4.69, 9.17) is 15.2 Å². The maximum absolute atomic E-state index is 11.5. The Bertz CT molecular complexity index is 649. The molecule has 1 aliphatic rings. The molecule has 1 aromatic carbocycles. The van der Waals surface area contributed by atoms with E-state index >= 15 is 0 Å². The van der Waals surface area contributed by atoms with E-state index in [0.29, 0.717) is 24.7 Å². The normalized spacial score (nSPS) is 13.3. The number of H-pyrrole nitrogens is 1. The van der Waals surface area contributed by atoms with Gasteiger partial charge in [0.25, 0.3) is 5.56 Å². The van der Waals surface area contributed by atoms with Gasteiger partial charge in [0.1, 0.15) is 13.2 Å². The minimum Gasteiger partial charge on any atom is -0.486 e. The topological polar surface area (TPSA) is 77.3 Å². The second kappa shape index (κ2) is 4.10. The predicted octanol–water partition coefficient (Wildman–Crippen LogP) is 1.40. The zero-order chi connectivity index (χ0) is 12.5. The number of nitrogen functional groups attached to an aromatic ring is 1. The van der Waals surface area contributed by atoms with Gasteiger partial charge in [-0.2, -0.15) is 0 Å². The van der Waals surface area contributed by atoms with Crippen molar-refractivity contribution in [3.8, 4) is 22.8 Å². The molecule has 0 bridgehead atoms. The number of nitrogens with two attached hydrogens (primary N) is 1. The molecule has 0 amide bonds. The van der Waals surface area contributed by atoms with Crippen molar-refractivity contribution in [3.63, 3.8) is 0 Å². The summed E-state index contributed by atoms with van der Waals surface area (Å²) in [5.74, 6) is 1.42. The average molecular weight is 244 g/mol. The summed E-state index contributed by atoms with van der Waals surface area (Å²) < 4.78 is 10.9. The third kappa shape index (κ3) is 1.79. The molecule has 0 unspecified atom stereocenters. The molecule has 2 aromatic rings. The number of hydrogen-bond donors (Lipinski definition) is 2. The van der Waals surface area contributed by atoms with Crippen LogP contribution < -0.4 is 20.8 Å². The van der Waals surface area contributed by atoms with Crippen LogP contribution in [-0.2, 0) is 0 Å². The minimum absolute atomic E-state index is 0.205. The Kier molecular flexibility index (Phi) is 2.44. The summed E-state index contributed by atoms with van der Waals surface area (Å²) in [6, 6.07) is 8.90. The molecule has 5 nitrogen and oxygen atoms in total. The Hall–Kier alpha value is -2.43. The number of benzene rings is 1. The van der Waals surface area contributed by atoms with Crippen LogP contribution in [0.2, 0.25) is 0 Å². The van der Waals surface area contributed by atoms with E-state index in [2.05, 4.69) is 4.98 Å². The maximum Gasteiger partial charge on any atom is 0.271 e. The van der Waals surface area contributed by atoms with Crippen molar-refractivity contribution in [2.75, 3.05) is 18.9 Å². The highest BCUT2D eigenvalue weighted by molar-refractivity contribution is 5.65. The fourth-order valence-electron chi connectivity index (χ4n) is 1.86. The summed E-state index contributed by atoms with van der Waals surface area (Å²) in [7, 11) is 0. The second-order valence-electron chi connectivity index (χ2n) is 4.01. The molecule has 92 valence electrons. The van der Waals surface area contributed by atoms with Crippen LogP contribution >= 0.6 is 0 Å². The van der Waals surface area contributed by atoms with Gasteiger partial charge in [0.2, 0.25) is 0 Å². The molecule has 2 heterocycles. The Labute approximate surface area is 103 Å². The van der Waals surface area contributed by atoms with Gasteiger partial charge in [0.15, 0.2) is 11.5 Å². The zero-order valence-corrected chi connectivity index (χ0v) is 9.60. The maximum atomic E-state index is 11.5. The van der Waals surface area contributed by atoms with E-state index in [0.717, 1.165) is 11.3 Å². The van der Waals surface area contributed by atoms with E-state index in [9.17, 15) is 4.79 Å².